The standard InChI is InChI=1S/C24H25N3O4/c1-3-16(2)20-6-4-5-7-21(20)27-14-18(12-23(27)29)24(30)31-15-22(28)26-19-10-8-17(13-25)9-11-19/h4-11,16,18H,3,12,14-15H2,1-2H3,(H,26,28)/t16-,18-/m1/s1. The van der Waals surface area contributed by atoms with Crippen molar-refractivity contribution in [3.63, 3.8) is 0 Å². The molecule has 0 bridgehead atoms. The SMILES string of the molecule is CC[C@@H](C)c1ccccc1N1C[C@H](C(=O)OCC(=O)Nc2ccc(C#N)cc2)CC1=O. The molecule has 31 heavy (non-hydrogen) atoms. The highest BCUT2D eigenvalue weighted by Gasteiger charge is 2.37. The summed E-state index contributed by atoms with van der Waals surface area (Å²) in [6.07, 6.45) is 1.00. The normalized spacial score (nSPS) is 16.5. The molecule has 0 saturated carbocycles. The lowest BCUT2D eigenvalue weighted by Crippen LogP contribution is -2.29. The van der Waals surface area contributed by atoms with Crippen molar-refractivity contribution in [1.82, 2.24) is 0 Å². The number of amides is 2. The van der Waals surface area contributed by atoms with Gasteiger partial charge in [0.15, 0.2) is 6.61 Å². The minimum absolute atomic E-state index is 0.0604. The fraction of sp³-hybridized carbons (Fsp3) is 0.333. The van der Waals surface area contributed by atoms with Crippen molar-refractivity contribution < 1.29 is 19.1 Å². The maximum Gasteiger partial charge on any atom is 0.311 e. The Kier molecular flexibility index (Phi) is 7.03. The fourth-order valence-corrected chi connectivity index (χ4v) is 3.55. The van der Waals surface area contributed by atoms with Gasteiger partial charge in [-0.15, -0.1) is 0 Å². The summed E-state index contributed by atoms with van der Waals surface area (Å²) in [4.78, 5) is 38.8. The number of esters is 1. The number of ether oxygens (including phenoxy) is 1. The van der Waals surface area contributed by atoms with Crippen LogP contribution in [0.25, 0.3) is 0 Å². The first-order valence-corrected chi connectivity index (χ1v) is 10.3. The Hall–Kier alpha value is -3.66. The molecule has 0 radical (unpaired) electrons. The summed E-state index contributed by atoms with van der Waals surface area (Å²) in [7, 11) is 0. The Labute approximate surface area is 181 Å². The second kappa shape index (κ2) is 9.90. The third-order valence-electron chi connectivity index (χ3n) is 5.47. The molecule has 0 aromatic heterocycles. The molecule has 7 nitrogen and oxygen atoms in total. The van der Waals surface area contributed by atoms with E-state index in [1.807, 2.05) is 30.3 Å². The average molecular weight is 419 g/mol. The van der Waals surface area contributed by atoms with E-state index < -0.39 is 24.4 Å². The van der Waals surface area contributed by atoms with Gasteiger partial charge in [0, 0.05) is 24.3 Å². The van der Waals surface area contributed by atoms with Gasteiger partial charge >= 0.3 is 5.97 Å². The van der Waals surface area contributed by atoms with Gasteiger partial charge in [-0.25, -0.2) is 0 Å². The minimum Gasteiger partial charge on any atom is -0.455 e. The average Bonchev–Trinajstić information content (AvgIpc) is 3.19. The minimum atomic E-state index is -0.611. The van der Waals surface area contributed by atoms with Gasteiger partial charge in [0.1, 0.15) is 0 Å². The van der Waals surface area contributed by atoms with E-state index in [2.05, 4.69) is 19.2 Å². The van der Waals surface area contributed by atoms with E-state index in [-0.39, 0.29) is 18.9 Å². The molecule has 1 heterocycles. The lowest BCUT2D eigenvalue weighted by atomic mass is 9.96. The smallest absolute Gasteiger partial charge is 0.311 e. The third kappa shape index (κ3) is 5.28. The van der Waals surface area contributed by atoms with Gasteiger partial charge in [0.25, 0.3) is 5.91 Å². The van der Waals surface area contributed by atoms with Crippen LogP contribution in [0.1, 0.15) is 43.7 Å². The van der Waals surface area contributed by atoms with Crippen LogP contribution in [0, 0.1) is 17.2 Å². The highest BCUT2D eigenvalue weighted by molar-refractivity contribution is 6.00. The Morgan fingerprint density at radius 2 is 1.94 bits per heavy atom. The molecule has 1 aliphatic rings. The van der Waals surface area contributed by atoms with Crippen molar-refractivity contribution >= 4 is 29.2 Å². The number of hydrogen-bond acceptors (Lipinski definition) is 5. The Morgan fingerprint density at radius 3 is 2.61 bits per heavy atom. The molecular weight excluding hydrogens is 394 g/mol. The van der Waals surface area contributed by atoms with Gasteiger partial charge in [-0.3, -0.25) is 14.4 Å². The number of nitriles is 1. The predicted molar refractivity (Wildman–Crippen MR) is 116 cm³/mol. The topological polar surface area (TPSA) is 99.5 Å². The molecule has 2 aromatic carbocycles. The quantitative estimate of drug-likeness (QED) is 0.691. The number of para-hydroxylation sites is 1. The van der Waals surface area contributed by atoms with E-state index in [1.54, 1.807) is 29.2 Å². The second-order valence-electron chi connectivity index (χ2n) is 7.62. The molecule has 2 aromatic rings. The number of nitrogens with zero attached hydrogens (tertiary/aromatic N) is 2. The van der Waals surface area contributed by atoms with Crippen molar-refractivity contribution in [2.45, 2.75) is 32.6 Å². The number of hydrogen-bond donors (Lipinski definition) is 1. The number of benzene rings is 2. The third-order valence-corrected chi connectivity index (χ3v) is 5.47. The summed E-state index contributed by atoms with van der Waals surface area (Å²) >= 11 is 0. The van der Waals surface area contributed by atoms with Crippen LogP contribution in [0.5, 0.6) is 0 Å². The fourth-order valence-electron chi connectivity index (χ4n) is 3.55. The Balaban J connectivity index is 1.57. The van der Waals surface area contributed by atoms with Crippen molar-refractivity contribution in [3.05, 3.63) is 59.7 Å². The van der Waals surface area contributed by atoms with Crippen LogP contribution >= 0.6 is 0 Å². The lowest BCUT2D eigenvalue weighted by molar-refractivity contribution is -0.151. The van der Waals surface area contributed by atoms with Crippen LogP contribution in [-0.4, -0.2) is 30.9 Å². The molecule has 1 saturated heterocycles. The van der Waals surface area contributed by atoms with Crippen molar-refractivity contribution in [2.24, 2.45) is 5.92 Å². The summed E-state index contributed by atoms with van der Waals surface area (Å²) < 4.78 is 5.15. The van der Waals surface area contributed by atoms with Gasteiger partial charge in [-0.1, -0.05) is 32.0 Å². The van der Waals surface area contributed by atoms with Gasteiger partial charge in [0.05, 0.1) is 17.6 Å². The number of nitrogens with one attached hydrogen (secondary N) is 1. The molecular formula is C24H25N3O4. The Morgan fingerprint density at radius 1 is 1.23 bits per heavy atom. The first-order chi connectivity index (χ1) is 14.9. The zero-order valence-corrected chi connectivity index (χ0v) is 17.6. The highest BCUT2D eigenvalue weighted by Crippen LogP contribution is 2.33. The van der Waals surface area contributed by atoms with E-state index in [1.165, 1.54) is 0 Å². The molecule has 1 aliphatic heterocycles. The molecule has 1 N–H and O–H groups in total. The van der Waals surface area contributed by atoms with Crippen LogP contribution in [0.3, 0.4) is 0 Å². The maximum absolute atomic E-state index is 12.6. The molecule has 1 fully saturated rings. The first kappa shape index (κ1) is 22.0. The largest absolute Gasteiger partial charge is 0.455 e. The molecule has 3 rings (SSSR count). The number of carbonyl (C=O) groups excluding carboxylic acids is 3. The second-order valence-corrected chi connectivity index (χ2v) is 7.62. The van der Waals surface area contributed by atoms with Crippen molar-refractivity contribution in [2.75, 3.05) is 23.4 Å². The molecule has 160 valence electrons. The maximum atomic E-state index is 12.6. The highest BCUT2D eigenvalue weighted by atomic mass is 16.5. The van der Waals surface area contributed by atoms with Gasteiger partial charge in [-0.2, -0.15) is 5.26 Å². The summed E-state index contributed by atoms with van der Waals surface area (Å²) in [6, 6.07) is 16.1. The van der Waals surface area contributed by atoms with Crippen LogP contribution in [0.15, 0.2) is 48.5 Å². The molecule has 7 heteroatoms. The zero-order valence-electron chi connectivity index (χ0n) is 17.6. The Bertz CT molecular complexity index is 1010. The summed E-state index contributed by atoms with van der Waals surface area (Å²) in [5.41, 5.74) is 2.89. The monoisotopic (exact) mass is 419 g/mol. The van der Waals surface area contributed by atoms with Crippen molar-refractivity contribution in [1.29, 1.82) is 5.26 Å². The van der Waals surface area contributed by atoms with Crippen LogP contribution in [0.2, 0.25) is 0 Å². The lowest BCUT2D eigenvalue weighted by Gasteiger charge is -2.23. The van der Waals surface area contributed by atoms with E-state index in [0.29, 0.717) is 17.2 Å². The first-order valence-electron chi connectivity index (χ1n) is 10.3. The van der Waals surface area contributed by atoms with Gasteiger partial charge in [-0.05, 0) is 48.2 Å². The zero-order chi connectivity index (χ0) is 22.4. The van der Waals surface area contributed by atoms with Crippen LogP contribution < -0.4 is 10.2 Å². The summed E-state index contributed by atoms with van der Waals surface area (Å²) in [6.45, 7) is 4.00. The predicted octanol–water partition coefficient (Wildman–Crippen LogP) is 3.61. The number of rotatable bonds is 7. The van der Waals surface area contributed by atoms with E-state index >= 15 is 0 Å². The summed E-state index contributed by atoms with van der Waals surface area (Å²) in [5, 5.41) is 11.4. The van der Waals surface area contributed by atoms with E-state index in [9.17, 15) is 14.4 Å². The summed E-state index contributed by atoms with van der Waals surface area (Å²) in [5.74, 6) is -1.49. The van der Waals surface area contributed by atoms with Crippen LogP contribution in [0.4, 0.5) is 11.4 Å². The van der Waals surface area contributed by atoms with Crippen LogP contribution in [-0.2, 0) is 19.1 Å². The van der Waals surface area contributed by atoms with E-state index in [0.717, 1.165) is 17.7 Å². The van der Waals surface area contributed by atoms with Crippen molar-refractivity contribution in [3.8, 4) is 6.07 Å². The molecule has 0 unspecified atom stereocenters. The molecule has 0 spiro atoms. The van der Waals surface area contributed by atoms with Gasteiger partial charge < -0.3 is 15.0 Å². The van der Waals surface area contributed by atoms with Gasteiger partial charge in [0.2, 0.25) is 5.91 Å². The molecule has 2 amide bonds. The molecule has 0 aliphatic carbocycles. The number of anilines is 2. The molecule has 2 atom stereocenters. The number of carbonyl (C=O) groups is 3. The van der Waals surface area contributed by atoms with E-state index in [4.69, 9.17) is 10.00 Å².